The predicted molar refractivity (Wildman–Crippen MR) is 66.4 cm³/mol. The average Bonchev–Trinajstić information content (AvgIpc) is 2.38. The molecule has 0 saturated carbocycles. The third-order valence-corrected chi connectivity index (χ3v) is 2.99. The molecule has 0 bridgehead atoms. The van der Waals surface area contributed by atoms with Gasteiger partial charge in [-0.1, -0.05) is 12.1 Å². The number of piperazine rings is 1. The fourth-order valence-corrected chi connectivity index (χ4v) is 2.11. The molecule has 4 nitrogen and oxygen atoms in total. The summed E-state index contributed by atoms with van der Waals surface area (Å²) >= 11 is 0. The topological polar surface area (TPSA) is 41.6 Å². The minimum absolute atomic E-state index is 0.0517. The molecular formula is C13H18N2O2. The van der Waals surface area contributed by atoms with Crippen molar-refractivity contribution >= 4 is 5.91 Å². The highest BCUT2D eigenvalue weighted by Gasteiger charge is 2.23. The van der Waals surface area contributed by atoms with Crippen LogP contribution >= 0.6 is 0 Å². The maximum Gasteiger partial charge on any atom is 0.257 e. The van der Waals surface area contributed by atoms with Gasteiger partial charge in [-0.2, -0.15) is 0 Å². The van der Waals surface area contributed by atoms with E-state index in [1.165, 1.54) is 0 Å². The summed E-state index contributed by atoms with van der Waals surface area (Å²) in [6, 6.07) is 7.71. The van der Waals surface area contributed by atoms with E-state index in [9.17, 15) is 4.79 Å². The molecule has 0 spiro atoms. The van der Waals surface area contributed by atoms with Gasteiger partial charge in [-0.05, 0) is 19.1 Å². The molecule has 0 aromatic heterocycles. The fraction of sp³-hybridized carbons (Fsp3) is 0.462. The van der Waals surface area contributed by atoms with E-state index in [0.717, 1.165) is 19.6 Å². The fourth-order valence-electron chi connectivity index (χ4n) is 2.11. The zero-order valence-corrected chi connectivity index (χ0v) is 10.3. The summed E-state index contributed by atoms with van der Waals surface area (Å²) in [6.07, 6.45) is 0. The van der Waals surface area contributed by atoms with Crippen LogP contribution in [0.2, 0.25) is 0 Å². The quantitative estimate of drug-likeness (QED) is 0.834. The van der Waals surface area contributed by atoms with E-state index in [2.05, 4.69) is 12.2 Å². The number of nitrogens with zero attached hydrogens (tertiary/aromatic N) is 1. The Morgan fingerprint density at radius 2 is 2.24 bits per heavy atom. The molecule has 0 aliphatic carbocycles. The molecule has 1 fully saturated rings. The van der Waals surface area contributed by atoms with Crippen molar-refractivity contribution in [1.82, 2.24) is 10.2 Å². The molecule has 0 radical (unpaired) electrons. The third kappa shape index (κ3) is 2.58. The molecule has 1 unspecified atom stereocenters. The Morgan fingerprint density at radius 1 is 1.47 bits per heavy atom. The van der Waals surface area contributed by atoms with E-state index in [-0.39, 0.29) is 5.91 Å². The van der Waals surface area contributed by atoms with Crippen LogP contribution in [0.3, 0.4) is 0 Å². The number of benzene rings is 1. The number of amides is 1. The zero-order valence-electron chi connectivity index (χ0n) is 10.3. The molecule has 17 heavy (non-hydrogen) atoms. The monoisotopic (exact) mass is 234 g/mol. The molecule has 1 aliphatic heterocycles. The number of hydrogen-bond donors (Lipinski definition) is 1. The van der Waals surface area contributed by atoms with Crippen LogP contribution in [0.1, 0.15) is 17.3 Å². The van der Waals surface area contributed by atoms with Gasteiger partial charge < -0.3 is 15.0 Å². The lowest BCUT2D eigenvalue weighted by Crippen LogP contribution is -2.51. The number of methoxy groups -OCH3 is 1. The summed E-state index contributed by atoms with van der Waals surface area (Å²) in [4.78, 5) is 14.2. The number of para-hydroxylation sites is 1. The number of carbonyl (C=O) groups excluding carboxylic acids is 1. The van der Waals surface area contributed by atoms with Gasteiger partial charge >= 0.3 is 0 Å². The first kappa shape index (κ1) is 11.9. The van der Waals surface area contributed by atoms with Crippen molar-refractivity contribution in [3.8, 4) is 5.75 Å². The standard InChI is InChI=1S/C13H18N2O2/c1-10-9-15(8-7-14-10)13(16)11-5-3-4-6-12(11)17-2/h3-6,10,14H,7-9H2,1-2H3. The van der Waals surface area contributed by atoms with E-state index in [1.54, 1.807) is 7.11 Å². The lowest BCUT2D eigenvalue weighted by atomic mass is 10.1. The van der Waals surface area contributed by atoms with E-state index < -0.39 is 0 Å². The van der Waals surface area contributed by atoms with Gasteiger partial charge in [-0.3, -0.25) is 4.79 Å². The van der Waals surface area contributed by atoms with Crippen LogP contribution in [0.15, 0.2) is 24.3 Å². The van der Waals surface area contributed by atoms with Gasteiger partial charge in [0.15, 0.2) is 0 Å². The van der Waals surface area contributed by atoms with Gasteiger partial charge in [0.2, 0.25) is 0 Å². The second kappa shape index (κ2) is 5.19. The molecule has 1 heterocycles. The van der Waals surface area contributed by atoms with Gasteiger partial charge in [0, 0.05) is 25.7 Å². The molecule has 1 amide bonds. The van der Waals surface area contributed by atoms with Crippen LogP contribution in [-0.2, 0) is 0 Å². The van der Waals surface area contributed by atoms with Crippen LogP contribution in [0, 0.1) is 0 Å². The first-order valence-corrected chi connectivity index (χ1v) is 5.88. The van der Waals surface area contributed by atoms with Crippen molar-refractivity contribution in [3.63, 3.8) is 0 Å². The van der Waals surface area contributed by atoms with Crippen molar-refractivity contribution in [2.45, 2.75) is 13.0 Å². The van der Waals surface area contributed by atoms with Crippen LogP contribution in [0.5, 0.6) is 5.75 Å². The van der Waals surface area contributed by atoms with E-state index in [4.69, 9.17) is 4.74 Å². The molecule has 2 rings (SSSR count). The summed E-state index contributed by atoms with van der Waals surface area (Å²) in [6.45, 7) is 4.43. The molecule has 1 aromatic carbocycles. The minimum Gasteiger partial charge on any atom is -0.496 e. The highest BCUT2D eigenvalue weighted by atomic mass is 16.5. The van der Waals surface area contributed by atoms with Gasteiger partial charge in [-0.15, -0.1) is 0 Å². The van der Waals surface area contributed by atoms with Crippen molar-refractivity contribution in [2.24, 2.45) is 0 Å². The summed E-state index contributed by atoms with van der Waals surface area (Å²) in [5, 5.41) is 3.32. The van der Waals surface area contributed by atoms with Crippen molar-refractivity contribution in [3.05, 3.63) is 29.8 Å². The SMILES string of the molecule is COc1ccccc1C(=O)N1CCNC(C)C1. The maximum absolute atomic E-state index is 12.3. The number of rotatable bonds is 2. The Balaban J connectivity index is 2.18. The van der Waals surface area contributed by atoms with E-state index in [0.29, 0.717) is 17.4 Å². The lowest BCUT2D eigenvalue weighted by molar-refractivity contribution is 0.0705. The number of carbonyl (C=O) groups is 1. The lowest BCUT2D eigenvalue weighted by Gasteiger charge is -2.32. The first-order chi connectivity index (χ1) is 8.22. The Bertz CT molecular complexity index is 406. The molecule has 4 heteroatoms. The minimum atomic E-state index is 0.0517. The van der Waals surface area contributed by atoms with Gasteiger partial charge in [0.05, 0.1) is 12.7 Å². The van der Waals surface area contributed by atoms with Crippen LogP contribution in [0.25, 0.3) is 0 Å². The molecular weight excluding hydrogens is 216 g/mol. The molecule has 1 aromatic rings. The zero-order chi connectivity index (χ0) is 12.3. The van der Waals surface area contributed by atoms with Crippen molar-refractivity contribution in [1.29, 1.82) is 0 Å². The summed E-state index contributed by atoms with van der Waals surface area (Å²) < 4.78 is 5.22. The smallest absolute Gasteiger partial charge is 0.257 e. The predicted octanol–water partition coefficient (Wildman–Crippen LogP) is 1.13. The van der Waals surface area contributed by atoms with Crippen LogP contribution < -0.4 is 10.1 Å². The Labute approximate surface area is 102 Å². The van der Waals surface area contributed by atoms with Gasteiger partial charge in [0.1, 0.15) is 5.75 Å². The van der Waals surface area contributed by atoms with E-state index in [1.807, 2.05) is 29.2 Å². The van der Waals surface area contributed by atoms with Gasteiger partial charge in [-0.25, -0.2) is 0 Å². The Kier molecular flexibility index (Phi) is 3.64. The van der Waals surface area contributed by atoms with Crippen LogP contribution in [-0.4, -0.2) is 43.6 Å². The average molecular weight is 234 g/mol. The summed E-state index contributed by atoms with van der Waals surface area (Å²) in [7, 11) is 1.59. The maximum atomic E-state index is 12.3. The normalized spacial score (nSPS) is 20.1. The second-order valence-corrected chi connectivity index (χ2v) is 4.31. The first-order valence-electron chi connectivity index (χ1n) is 5.88. The number of ether oxygens (including phenoxy) is 1. The highest BCUT2D eigenvalue weighted by molar-refractivity contribution is 5.97. The largest absolute Gasteiger partial charge is 0.496 e. The Morgan fingerprint density at radius 3 is 2.94 bits per heavy atom. The Hall–Kier alpha value is -1.55. The second-order valence-electron chi connectivity index (χ2n) is 4.31. The van der Waals surface area contributed by atoms with Crippen molar-refractivity contribution in [2.75, 3.05) is 26.7 Å². The van der Waals surface area contributed by atoms with Gasteiger partial charge in [0.25, 0.3) is 5.91 Å². The summed E-state index contributed by atoms with van der Waals surface area (Å²) in [5.41, 5.74) is 0.643. The summed E-state index contributed by atoms with van der Waals surface area (Å²) in [5.74, 6) is 0.694. The number of hydrogen-bond acceptors (Lipinski definition) is 3. The molecule has 1 aliphatic rings. The number of nitrogens with one attached hydrogen (secondary N) is 1. The van der Waals surface area contributed by atoms with E-state index >= 15 is 0 Å². The third-order valence-electron chi connectivity index (χ3n) is 2.99. The molecule has 1 atom stereocenters. The highest BCUT2D eigenvalue weighted by Crippen LogP contribution is 2.19. The molecule has 92 valence electrons. The molecule has 1 N–H and O–H groups in total. The molecule has 1 saturated heterocycles. The van der Waals surface area contributed by atoms with Crippen molar-refractivity contribution < 1.29 is 9.53 Å². The van der Waals surface area contributed by atoms with Crippen LogP contribution in [0.4, 0.5) is 0 Å².